The van der Waals surface area contributed by atoms with Crippen LogP contribution in [0.25, 0.3) is 0 Å². The van der Waals surface area contributed by atoms with E-state index in [1.165, 1.54) is 4.90 Å². The SMILES string of the molecule is CC(C)(COCCCC#N)N1C(=O)c2ccccc2C1=O. The first kappa shape index (κ1) is 15.2. The molecule has 21 heavy (non-hydrogen) atoms. The molecule has 0 atom stereocenters. The van der Waals surface area contributed by atoms with E-state index in [4.69, 9.17) is 10.00 Å². The molecule has 110 valence electrons. The van der Waals surface area contributed by atoms with Crippen molar-refractivity contribution >= 4 is 11.8 Å². The van der Waals surface area contributed by atoms with Crippen molar-refractivity contribution in [3.05, 3.63) is 35.4 Å². The number of carbonyl (C=O) groups excluding carboxylic acids is 2. The van der Waals surface area contributed by atoms with E-state index >= 15 is 0 Å². The Kier molecular flexibility index (Phi) is 4.39. The summed E-state index contributed by atoms with van der Waals surface area (Å²) >= 11 is 0. The summed E-state index contributed by atoms with van der Waals surface area (Å²) in [5.74, 6) is -0.553. The van der Waals surface area contributed by atoms with Gasteiger partial charge in [-0.15, -0.1) is 0 Å². The van der Waals surface area contributed by atoms with Gasteiger partial charge in [0.1, 0.15) is 0 Å². The number of hydrogen-bond acceptors (Lipinski definition) is 4. The van der Waals surface area contributed by atoms with Crippen molar-refractivity contribution in [1.82, 2.24) is 4.90 Å². The average Bonchev–Trinajstić information content (AvgIpc) is 2.72. The molecule has 0 spiro atoms. The quantitative estimate of drug-likeness (QED) is 0.594. The molecule has 0 saturated heterocycles. The van der Waals surface area contributed by atoms with E-state index in [2.05, 4.69) is 0 Å². The predicted molar refractivity (Wildman–Crippen MR) is 76.7 cm³/mol. The molecule has 0 radical (unpaired) electrons. The number of hydrogen-bond donors (Lipinski definition) is 0. The fraction of sp³-hybridized carbons (Fsp3) is 0.438. The van der Waals surface area contributed by atoms with Gasteiger partial charge in [-0.2, -0.15) is 5.26 Å². The third-order valence-corrected chi connectivity index (χ3v) is 3.43. The van der Waals surface area contributed by atoms with Crippen molar-refractivity contribution in [1.29, 1.82) is 5.26 Å². The zero-order chi connectivity index (χ0) is 15.5. The summed E-state index contributed by atoms with van der Waals surface area (Å²) in [5, 5.41) is 8.46. The zero-order valence-electron chi connectivity index (χ0n) is 12.3. The van der Waals surface area contributed by atoms with Gasteiger partial charge >= 0.3 is 0 Å². The molecule has 0 N–H and O–H groups in total. The Morgan fingerprint density at radius 3 is 2.29 bits per heavy atom. The van der Waals surface area contributed by atoms with Gasteiger partial charge in [0, 0.05) is 13.0 Å². The molecule has 2 rings (SSSR count). The van der Waals surface area contributed by atoms with Gasteiger partial charge < -0.3 is 4.74 Å². The summed E-state index contributed by atoms with van der Waals surface area (Å²) in [6.07, 6.45) is 1.09. The standard InChI is InChI=1S/C16H18N2O3/c1-16(2,11-21-10-6-5-9-17)18-14(19)12-7-3-4-8-13(12)15(18)20/h3-4,7-8H,5-6,10-11H2,1-2H3. The Hall–Kier alpha value is -2.19. The van der Waals surface area contributed by atoms with Crippen LogP contribution in [-0.2, 0) is 4.74 Å². The maximum Gasteiger partial charge on any atom is 0.262 e. The molecule has 1 heterocycles. The highest BCUT2D eigenvalue weighted by atomic mass is 16.5. The molecule has 5 heteroatoms. The first-order valence-corrected chi connectivity index (χ1v) is 6.91. The second kappa shape index (κ2) is 6.06. The normalized spacial score (nSPS) is 14.2. The van der Waals surface area contributed by atoms with Gasteiger partial charge in [-0.05, 0) is 32.4 Å². The van der Waals surface area contributed by atoms with E-state index in [0.717, 1.165) is 0 Å². The average molecular weight is 286 g/mol. The number of nitrogens with zero attached hydrogens (tertiary/aromatic N) is 2. The van der Waals surface area contributed by atoms with Gasteiger partial charge in [0.05, 0.1) is 29.3 Å². The molecule has 0 bridgehead atoms. The van der Waals surface area contributed by atoms with Crippen LogP contribution < -0.4 is 0 Å². The number of ether oxygens (including phenoxy) is 1. The number of imide groups is 1. The molecule has 0 unspecified atom stereocenters. The Morgan fingerprint density at radius 1 is 1.19 bits per heavy atom. The summed E-state index contributed by atoms with van der Waals surface area (Å²) in [7, 11) is 0. The van der Waals surface area contributed by atoms with Gasteiger partial charge in [-0.1, -0.05) is 12.1 Å². The number of nitriles is 1. The molecular formula is C16H18N2O3. The highest BCUT2D eigenvalue weighted by Crippen LogP contribution is 2.29. The Balaban J connectivity index is 2.06. The van der Waals surface area contributed by atoms with E-state index in [0.29, 0.717) is 30.6 Å². The minimum absolute atomic E-state index is 0.254. The lowest BCUT2D eigenvalue weighted by Gasteiger charge is -2.33. The summed E-state index contributed by atoms with van der Waals surface area (Å²) in [4.78, 5) is 26.1. The predicted octanol–water partition coefficient (Wildman–Crippen LogP) is 2.38. The van der Waals surface area contributed by atoms with Crippen molar-refractivity contribution in [2.75, 3.05) is 13.2 Å². The van der Waals surface area contributed by atoms with Gasteiger partial charge in [0.2, 0.25) is 0 Å². The lowest BCUT2D eigenvalue weighted by Crippen LogP contribution is -2.50. The van der Waals surface area contributed by atoms with Gasteiger partial charge in [0.15, 0.2) is 0 Å². The number of fused-ring (bicyclic) bond motifs is 1. The lowest BCUT2D eigenvalue weighted by atomic mass is 10.0. The number of benzene rings is 1. The van der Waals surface area contributed by atoms with Crippen LogP contribution in [0.4, 0.5) is 0 Å². The van der Waals surface area contributed by atoms with Crippen LogP contribution in [0.1, 0.15) is 47.4 Å². The lowest BCUT2D eigenvalue weighted by molar-refractivity contribution is 0.0159. The number of amides is 2. The summed E-state index contributed by atoms with van der Waals surface area (Å²) in [6.45, 7) is 4.31. The Labute approximate surface area is 124 Å². The minimum atomic E-state index is -0.722. The van der Waals surface area contributed by atoms with Crippen molar-refractivity contribution in [3.63, 3.8) is 0 Å². The first-order valence-electron chi connectivity index (χ1n) is 6.91. The third-order valence-electron chi connectivity index (χ3n) is 3.43. The van der Waals surface area contributed by atoms with Crippen molar-refractivity contribution in [2.45, 2.75) is 32.2 Å². The molecule has 1 aliphatic rings. The van der Waals surface area contributed by atoms with Gasteiger partial charge in [-0.3, -0.25) is 14.5 Å². The molecule has 0 saturated carbocycles. The van der Waals surface area contributed by atoms with Gasteiger partial charge in [0.25, 0.3) is 11.8 Å². The Morgan fingerprint density at radius 2 is 1.76 bits per heavy atom. The van der Waals surface area contributed by atoms with E-state index < -0.39 is 5.54 Å². The van der Waals surface area contributed by atoms with E-state index in [1.54, 1.807) is 38.1 Å². The topological polar surface area (TPSA) is 70.4 Å². The van der Waals surface area contributed by atoms with Crippen molar-refractivity contribution < 1.29 is 14.3 Å². The second-order valence-electron chi connectivity index (χ2n) is 5.62. The van der Waals surface area contributed by atoms with E-state index in [-0.39, 0.29) is 18.4 Å². The minimum Gasteiger partial charge on any atom is -0.379 e. The van der Waals surface area contributed by atoms with Crippen LogP contribution in [0.3, 0.4) is 0 Å². The number of rotatable bonds is 6. The van der Waals surface area contributed by atoms with Crippen molar-refractivity contribution in [3.8, 4) is 6.07 Å². The highest BCUT2D eigenvalue weighted by molar-refractivity contribution is 6.21. The maximum atomic E-state index is 12.4. The van der Waals surface area contributed by atoms with Crippen LogP contribution >= 0.6 is 0 Å². The molecule has 1 aromatic rings. The number of unbranched alkanes of at least 4 members (excludes halogenated alkanes) is 1. The molecule has 0 fully saturated rings. The Bertz CT molecular complexity index is 567. The fourth-order valence-electron chi connectivity index (χ4n) is 2.38. The van der Waals surface area contributed by atoms with Crippen LogP contribution in [-0.4, -0.2) is 35.5 Å². The molecule has 1 aromatic carbocycles. The smallest absolute Gasteiger partial charge is 0.262 e. The summed E-state index contributed by atoms with van der Waals surface area (Å²) in [5.41, 5.74) is 0.167. The highest BCUT2D eigenvalue weighted by Gasteiger charge is 2.43. The van der Waals surface area contributed by atoms with Crippen LogP contribution in [0.5, 0.6) is 0 Å². The summed E-state index contributed by atoms with van der Waals surface area (Å²) < 4.78 is 5.51. The number of carbonyl (C=O) groups is 2. The monoisotopic (exact) mass is 286 g/mol. The van der Waals surface area contributed by atoms with Crippen LogP contribution in [0.2, 0.25) is 0 Å². The maximum absolute atomic E-state index is 12.4. The van der Waals surface area contributed by atoms with E-state index in [9.17, 15) is 9.59 Å². The van der Waals surface area contributed by atoms with Crippen molar-refractivity contribution in [2.24, 2.45) is 0 Å². The molecule has 2 amide bonds. The largest absolute Gasteiger partial charge is 0.379 e. The van der Waals surface area contributed by atoms with E-state index in [1.807, 2.05) is 6.07 Å². The molecule has 0 aromatic heterocycles. The fourth-order valence-corrected chi connectivity index (χ4v) is 2.38. The van der Waals surface area contributed by atoms with Crippen LogP contribution in [0.15, 0.2) is 24.3 Å². The first-order chi connectivity index (χ1) is 9.99. The summed E-state index contributed by atoms with van der Waals surface area (Å²) in [6, 6.07) is 8.88. The van der Waals surface area contributed by atoms with Gasteiger partial charge in [-0.25, -0.2) is 0 Å². The molecule has 5 nitrogen and oxygen atoms in total. The zero-order valence-corrected chi connectivity index (χ0v) is 12.3. The molecule has 0 aliphatic carbocycles. The van der Waals surface area contributed by atoms with Crippen LogP contribution in [0, 0.1) is 11.3 Å². The molecular weight excluding hydrogens is 268 g/mol. The molecule has 1 aliphatic heterocycles. The third kappa shape index (κ3) is 2.96. The second-order valence-corrected chi connectivity index (χ2v) is 5.62.